The average molecular weight is 466 g/mol. The maximum Gasteiger partial charge on any atom is 0.317 e. The number of carboxylic acids is 1. The zero-order chi connectivity index (χ0) is 24.0. The first-order valence-corrected chi connectivity index (χ1v) is 11.2. The van der Waals surface area contributed by atoms with Crippen LogP contribution in [-0.4, -0.2) is 41.9 Å². The Morgan fingerprint density at radius 2 is 1.67 bits per heavy atom. The molecule has 0 amide bonds. The Hall–Kier alpha value is -3.15. The van der Waals surface area contributed by atoms with Crippen molar-refractivity contribution in [2.75, 3.05) is 20.1 Å². The highest BCUT2D eigenvalue weighted by Crippen LogP contribution is 2.27. The molecule has 33 heavy (non-hydrogen) atoms. The highest BCUT2D eigenvalue weighted by molar-refractivity contribution is 6.30. The Morgan fingerprint density at radius 3 is 2.30 bits per heavy atom. The van der Waals surface area contributed by atoms with E-state index >= 15 is 0 Å². The molecule has 1 unspecified atom stereocenters. The smallest absolute Gasteiger partial charge is 0.317 e. The van der Waals surface area contributed by atoms with E-state index < -0.39 is 5.97 Å². The monoisotopic (exact) mass is 465 g/mol. The fraction of sp³-hybridized carbons (Fsp3) is 0.259. The summed E-state index contributed by atoms with van der Waals surface area (Å²) in [4.78, 5) is 25.7. The number of rotatable bonds is 10. The van der Waals surface area contributed by atoms with E-state index in [0.29, 0.717) is 34.9 Å². The van der Waals surface area contributed by atoms with Crippen LogP contribution in [-0.2, 0) is 4.79 Å². The van der Waals surface area contributed by atoms with Gasteiger partial charge < -0.3 is 9.84 Å². The minimum Gasteiger partial charge on any atom is -0.486 e. The van der Waals surface area contributed by atoms with E-state index in [1.807, 2.05) is 44.2 Å². The van der Waals surface area contributed by atoms with E-state index in [1.54, 1.807) is 48.3 Å². The fourth-order valence-electron chi connectivity index (χ4n) is 3.62. The zero-order valence-corrected chi connectivity index (χ0v) is 19.8. The van der Waals surface area contributed by atoms with Crippen molar-refractivity contribution in [1.29, 1.82) is 0 Å². The van der Waals surface area contributed by atoms with Gasteiger partial charge in [0.25, 0.3) is 0 Å². The van der Waals surface area contributed by atoms with Gasteiger partial charge in [-0.05, 0) is 74.0 Å². The van der Waals surface area contributed by atoms with E-state index in [2.05, 4.69) is 0 Å². The summed E-state index contributed by atoms with van der Waals surface area (Å²) in [5.74, 6) is -0.258. The maximum atomic E-state index is 13.0. The Morgan fingerprint density at radius 1 is 1.00 bits per heavy atom. The van der Waals surface area contributed by atoms with E-state index in [1.165, 1.54) is 0 Å². The second-order valence-corrected chi connectivity index (χ2v) is 8.62. The molecule has 0 radical (unpaired) electrons. The van der Waals surface area contributed by atoms with Crippen molar-refractivity contribution in [2.24, 2.45) is 0 Å². The molecule has 0 heterocycles. The van der Waals surface area contributed by atoms with Crippen LogP contribution in [0.4, 0.5) is 0 Å². The number of likely N-dealkylation sites (N-methyl/N-ethyl adjacent to an activating group) is 1. The molecular formula is C27H28ClNO4. The lowest BCUT2D eigenvalue weighted by atomic mass is 9.96. The van der Waals surface area contributed by atoms with Crippen molar-refractivity contribution in [3.05, 3.63) is 99.6 Å². The van der Waals surface area contributed by atoms with Gasteiger partial charge in [-0.15, -0.1) is 0 Å². The van der Waals surface area contributed by atoms with Gasteiger partial charge in [-0.25, -0.2) is 0 Å². The standard InChI is InChI=1S/C27H28ClNO4/c1-18-5-4-6-24(19(18)2)27(32)21-9-13-23(14-10-21)33-25(15-16-29(3)17-26(30)31)20-7-11-22(28)12-8-20/h4-14,25H,15-17H2,1-3H3,(H,30,31). The number of ketones is 1. The summed E-state index contributed by atoms with van der Waals surface area (Å²) in [5.41, 5.74) is 4.30. The topological polar surface area (TPSA) is 66.8 Å². The third kappa shape index (κ3) is 6.67. The number of aliphatic carboxylic acids is 1. The van der Waals surface area contributed by atoms with Crippen molar-refractivity contribution in [3.63, 3.8) is 0 Å². The van der Waals surface area contributed by atoms with Crippen LogP contribution in [0.1, 0.15) is 45.1 Å². The molecule has 0 aliphatic rings. The predicted octanol–water partition coefficient (Wildman–Crippen LogP) is 5.71. The van der Waals surface area contributed by atoms with Crippen LogP contribution in [0, 0.1) is 13.8 Å². The summed E-state index contributed by atoms with van der Waals surface area (Å²) in [6, 6.07) is 20.3. The number of carbonyl (C=O) groups excluding carboxylic acids is 1. The SMILES string of the molecule is Cc1cccc(C(=O)c2ccc(OC(CCN(C)CC(=O)O)c3ccc(Cl)cc3)cc2)c1C. The molecule has 0 saturated heterocycles. The van der Waals surface area contributed by atoms with E-state index in [0.717, 1.165) is 16.7 Å². The molecule has 1 N–H and O–H groups in total. The van der Waals surface area contributed by atoms with Gasteiger partial charge in [-0.3, -0.25) is 14.5 Å². The minimum absolute atomic E-state index is 0.0210. The molecule has 1 atom stereocenters. The second-order valence-electron chi connectivity index (χ2n) is 8.18. The number of ether oxygens (including phenoxy) is 1. The van der Waals surface area contributed by atoms with Crippen molar-refractivity contribution < 1.29 is 19.4 Å². The van der Waals surface area contributed by atoms with Crippen LogP contribution in [0.15, 0.2) is 66.7 Å². The number of nitrogens with zero attached hydrogens (tertiary/aromatic N) is 1. The highest BCUT2D eigenvalue weighted by Gasteiger charge is 2.17. The molecule has 0 aromatic heterocycles. The molecule has 0 aliphatic heterocycles. The van der Waals surface area contributed by atoms with E-state index in [-0.39, 0.29) is 18.4 Å². The van der Waals surface area contributed by atoms with Gasteiger partial charge in [0, 0.05) is 29.1 Å². The lowest BCUT2D eigenvalue weighted by Gasteiger charge is -2.23. The highest BCUT2D eigenvalue weighted by atomic mass is 35.5. The summed E-state index contributed by atoms with van der Waals surface area (Å²) >= 11 is 6.03. The first-order chi connectivity index (χ1) is 15.7. The first kappa shape index (κ1) is 24.5. The lowest BCUT2D eigenvalue weighted by molar-refractivity contribution is -0.138. The summed E-state index contributed by atoms with van der Waals surface area (Å²) < 4.78 is 6.25. The number of hydrogen-bond donors (Lipinski definition) is 1. The van der Waals surface area contributed by atoms with Gasteiger partial charge in [-0.1, -0.05) is 41.9 Å². The Labute approximate surface area is 199 Å². The molecule has 0 aliphatic carbocycles. The quantitative estimate of drug-likeness (QED) is 0.388. The van der Waals surface area contributed by atoms with Crippen molar-refractivity contribution in [1.82, 2.24) is 4.90 Å². The molecule has 3 aromatic rings. The molecule has 5 nitrogen and oxygen atoms in total. The van der Waals surface area contributed by atoms with Crippen molar-refractivity contribution >= 4 is 23.4 Å². The van der Waals surface area contributed by atoms with Gasteiger partial charge in [0.1, 0.15) is 11.9 Å². The summed E-state index contributed by atoms with van der Waals surface area (Å²) in [7, 11) is 1.76. The molecule has 172 valence electrons. The Bertz CT molecular complexity index is 1110. The summed E-state index contributed by atoms with van der Waals surface area (Å²) in [6.07, 6.45) is 0.299. The Kier molecular flexibility index (Phi) is 8.26. The van der Waals surface area contributed by atoms with E-state index in [9.17, 15) is 9.59 Å². The predicted molar refractivity (Wildman–Crippen MR) is 130 cm³/mol. The fourth-order valence-corrected chi connectivity index (χ4v) is 3.75. The zero-order valence-electron chi connectivity index (χ0n) is 19.0. The van der Waals surface area contributed by atoms with Crippen LogP contribution in [0.3, 0.4) is 0 Å². The molecule has 3 rings (SSSR count). The summed E-state index contributed by atoms with van der Waals surface area (Å²) in [5, 5.41) is 9.64. The van der Waals surface area contributed by atoms with Crippen LogP contribution < -0.4 is 4.74 Å². The molecule has 0 saturated carbocycles. The van der Waals surface area contributed by atoms with Gasteiger partial charge in [-0.2, -0.15) is 0 Å². The summed E-state index contributed by atoms with van der Waals surface area (Å²) in [6.45, 7) is 4.46. The first-order valence-electron chi connectivity index (χ1n) is 10.8. The molecule has 3 aromatic carbocycles. The van der Waals surface area contributed by atoms with Crippen LogP contribution in [0.2, 0.25) is 5.02 Å². The second kappa shape index (κ2) is 11.1. The minimum atomic E-state index is -0.870. The van der Waals surface area contributed by atoms with Gasteiger partial charge in [0.2, 0.25) is 0 Å². The third-order valence-electron chi connectivity index (χ3n) is 5.66. The average Bonchev–Trinajstić information content (AvgIpc) is 2.78. The van der Waals surface area contributed by atoms with Crippen molar-refractivity contribution in [2.45, 2.75) is 26.4 Å². The molecular weight excluding hydrogens is 438 g/mol. The maximum absolute atomic E-state index is 13.0. The number of benzene rings is 3. The lowest BCUT2D eigenvalue weighted by Crippen LogP contribution is -2.28. The van der Waals surface area contributed by atoms with Gasteiger partial charge in [0.15, 0.2) is 5.78 Å². The number of carbonyl (C=O) groups is 2. The van der Waals surface area contributed by atoms with Gasteiger partial charge in [0.05, 0.1) is 6.54 Å². The van der Waals surface area contributed by atoms with Crippen LogP contribution in [0.25, 0.3) is 0 Å². The van der Waals surface area contributed by atoms with Crippen LogP contribution in [0.5, 0.6) is 5.75 Å². The van der Waals surface area contributed by atoms with Gasteiger partial charge >= 0.3 is 5.97 Å². The van der Waals surface area contributed by atoms with Crippen molar-refractivity contribution in [3.8, 4) is 5.75 Å². The molecule has 0 fully saturated rings. The molecule has 6 heteroatoms. The van der Waals surface area contributed by atoms with Crippen LogP contribution >= 0.6 is 11.6 Å². The normalized spacial score (nSPS) is 11.9. The number of halogens is 1. The largest absolute Gasteiger partial charge is 0.486 e. The third-order valence-corrected chi connectivity index (χ3v) is 5.92. The molecule has 0 spiro atoms. The Balaban J connectivity index is 1.76. The number of hydrogen-bond acceptors (Lipinski definition) is 4. The molecule has 0 bridgehead atoms. The number of aryl methyl sites for hydroxylation is 1. The van der Waals surface area contributed by atoms with E-state index in [4.69, 9.17) is 21.4 Å². The number of carboxylic acid groups (broad SMARTS) is 1.